The van der Waals surface area contributed by atoms with Crippen LogP contribution in [0.3, 0.4) is 0 Å². The second-order valence-corrected chi connectivity index (χ2v) is 7.10. The lowest BCUT2D eigenvalue weighted by Gasteiger charge is -2.13. The Morgan fingerprint density at radius 3 is 2.50 bits per heavy atom. The molecule has 2 aromatic rings. The highest BCUT2D eigenvalue weighted by Gasteiger charge is 2.22. The maximum absolute atomic E-state index is 12.2. The van der Waals surface area contributed by atoms with E-state index in [4.69, 9.17) is 0 Å². The van der Waals surface area contributed by atoms with Crippen LogP contribution < -0.4 is 10.6 Å². The Kier molecular flexibility index (Phi) is 5.13. The smallest absolute Gasteiger partial charge is 0.263 e. The second-order valence-electron chi connectivity index (χ2n) is 6.10. The molecule has 0 spiro atoms. The summed E-state index contributed by atoms with van der Waals surface area (Å²) in [7, 11) is 0. The zero-order valence-corrected chi connectivity index (χ0v) is 14.3. The van der Waals surface area contributed by atoms with Gasteiger partial charge in [-0.15, -0.1) is 11.3 Å². The average molecular weight is 318 g/mol. The molecule has 0 saturated carbocycles. The van der Waals surface area contributed by atoms with E-state index in [1.165, 1.54) is 11.3 Å². The molecule has 0 saturated heterocycles. The summed E-state index contributed by atoms with van der Waals surface area (Å²) in [5.74, 6) is -0.0537. The van der Waals surface area contributed by atoms with E-state index in [0.717, 1.165) is 16.4 Å². The highest BCUT2D eigenvalue weighted by Crippen LogP contribution is 2.29. The monoisotopic (exact) mass is 318 g/mol. The first-order valence-corrected chi connectivity index (χ1v) is 8.09. The third-order valence-corrected chi connectivity index (χ3v) is 4.65. The maximum atomic E-state index is 12.2. The van der Waals surface area contributed by atoms with Crippen LogP contribution in [0.25, 0.3) is 0 Å². The maximum Gasteiger partial charge on any atom is 0.263 e. The predicted molar refractivity (Wildman–Crippen MR) is 90.6 cm³/mol. The molecule has 0 bridgehead atoms. The standard InChI is InChI=1S/C16H22N4OS/c1-11-13(22-15(20-11)16(2,3)4)14(21)19-10-9-18-12-5-7-17-8-6-12/h5-8H,9-10H2,1-4H3,(H,17,18)(H,19,21). The van der Waals surface area contributed by atoms with E-state index < -0.39 is 0 Å². The number of rotatable bonds is 5. The zero-order valence-electron chi connectivity index (χ0n) is 13.4. The van der Waals surface area contributed by atoms with Crippen LogP contribution >= 0.6 is 11.3 Å². The Morgan fingerprint density at radius 1 is 1.23 bits per heavy atom. The molecule has 2 aromatic heterocycles. The summed E-state index contributed by atoms with van der Waals surface area (Å²) in [4.78, 5) is 21.4. The number of anilines is 1. The number of carbonyl (C=O) groups is 1. The Morgan fingerprint density at radius 2 is 1.91 bits per heavy atom. The summed E-state index contributed by atoms with van der Waals surface area (Å²) in [6.45, 7) is 9.42. The molecule has 0 unspecified atom stereocenters. The molecule has 5 nitrogen and oxygen atoms in total. The highest BCUT2D eigenvalue weighted by atomic mass is 32.1. The minimum Gasteiger partial charge on any atom is -0.383 e. The fourth-order valence-electron chi connectivity index (χ4n) is 1.86. The molecule has 0 atom stereocenters. The molecule has 0 aliphatic carbocycles. The van der Waals surface area contributed by atoms with Crippen LogP contribution in [0.2, 0.25) is 0 Å². The molecular formula is C16H22N4OS. The molecule has 1 amide bonds. The van der Waals surface area contributed by atoms with Gasteiger partial charge in [0.2, 0.25) is 0 Å². The first kappa shape index (κ1) is 16.4. The Bertz CT molecular complexity index is 631. The lowest BCUT2D eigenvalue weighted by Crippen LogP contribution is -2.28. The van der Waals surface area contributed by atoms with Gasteiger partial charge in [-0.1, -0.05) is 20.8 Å². The summed E-state index contributed by atoms with van der Waals surface area (Å²) in [5.41, 5.74) is 1.76. The van der Waals surface area contributed by atoms with Crippen molar-refractivity contribution in [3.63, 3.8) is 0 Å². The number of aromatic nitrogens is 2. The molecule has 2 rings (SSSR count). The number of pyridine rings is 1. The van der Waals surface area contributed by atoms with Crippen LogP contribution in [-0.4, -0.2) is 29.0 Å². The molecule has 0 aliphatic heterocycles. The van der Waals surface area contributed by atoms with Crippen LogP contribution in [0.5, 0.6) is 0 Å². The molecule has 0 fully saturated rings. The van der Waals surface area contributed by atoms with Crippen LogP contribution in [0.15, 0.2) is 24.5 Å². The molecule has 118 valence electrons. The first-order valence-electron chi connectivity index (χ1n) is 7.28. The van der Waals surface area contributed by atoms with Crippen molar-refractivity contribution >= 4 is 22.9 Å². The van der Waals surface area contributed by atoms with E-state index in [1.807, 2.05) is 19.1 Å². The van der Waals surface area contributed by atoms with E-state index in [9.17, 15) is 4.79 Å². The normalized spacial score (nSPS) is 11.3. The van der Waals surface area contributed by atoms with E-state index in [0.29, 0.717) is 18.0 Å². The van der Waals surface area contributed by atoms with Gasteiger partial charge in [0.15, 0.2) is 0 Å². The van der Waals surface area contributed by atoms with Crippen molar-refractivity contribution < 1.29 is 4.79 Å². The van der Waals surface area contributed by atoms with Gasteiger partial charge in [0.25, 0.3) is 5.91 Å². The number of aryl methyl sites for hydroxylation is 1. The van der Waals surface area contributed by atoms with Gasteiger partial charge in [0.1, 0.15) is 4.88 Å². The van der Waals surface area contributed by atoms with Gasteiger partial charge in [-0.2, -0.15) is 0 Å². The van der Waals surface area contributed by atoms with Gasteiger partial charge < -0.3 is 10.6 Å². The number of nitrogens with zero attached hydrogens (tertiary/aromatic N) is 2. The fraction of sp³-hybridized carbons (Fsp3) is 0.438. The average Bonchev–Trinajstić information content (AvgIpc) is 2.87. The van der Waals surface area contributed by atoms with Crippen LogP contribution in [0.1, 0.15) is 41.1 Å². The number of nitrogens with one attached hydrogen (secondary N) is 2. The summed E-state index contributed by atoms with van der Waals surface area (Å²) < 4.78 is 0. The summed E-state index contributed by atoms with van der Waals surface area (Å²) in [6, 6.07) is 3.79. The van der Waals surface area contributed by atoms with E-state index in [-0.39, 0.29) is 11.3 Å². The fourth-order valence-corrected chi connectivity index (χ4v) is 2.90. The number of carbonyl (C=O) groups excluding carboxylic acids is 1. The molecule has 6 heteroatoms. The zero-order chi connectivity index (χ0) is 16.2. The highest BCUT2D eigenvalue weighted by molar-refractivity contribution is 7.14. The van der Waals surface area contributed by atoms with Gasteiger partial charge >= 0.3 is 0 Å². The first-order chi connectivity index (χ1) is 10.4. The third-order valence-electron chi connectivity index (χ3n) is 3.06. The molecular weight excluding hydrogens is 296 g/mol. The second kappa shape index (κ2) is 6.87. The van der Waals surface area contributed by atoms with Crippen LogP contribution in [-0.2, 0) is 5.41 Å². The van der Waals surface area contributed by atoms with Crippen molar-refractivity contribution in [2.24, 2.45) is 0 Å². The van der Waals surface area contributed by atoms with Crippen molar-refractivity contribution in [2.45, 2.75) is 33.1 Å². The number of hydrogen-bond acceptors (Lipinski definition) is 5. The van der Waals surface area contributed by atoms with Gasteiger partial charge in [-0.3, -0.25) is 9.78 Å². The van der Waals surface area contributed by atoms with Gasteiger partial charge in [-0.05, 0) is 19.1 Å². The number of hydrogen-bond donors (Lipinski definition) is 2. The van der Waals surface area contributed by atoms with Gasteiger partial charge in [0, 0.05) is 36.6 Å². The Labute approximate surface area is 135 Å². The van der Waals surface area contributed by atoms with Gasteiger partial charge in [-0.25, -0.2) is 4.98 Å². The Balaban J connectivity index is 1.86. The predicted octanol–water partition coefficient (Wildman–Crippen LogP) is 2.99. The summed E-state index contributed by atoms with van der Waals surface area (Å²) >= 11 is 1.48. The molecule has 0 aliphatic rings. The van der Waals surface area contributed by atoms with Crippen molar-refractivity contribution in [3.8, 4) is 0 Å². The number of thiazole rings is 1. The quantitative estimate of drug-likeness (QED) is 0.832. The SMILES string of the molecule is Cc1nc(C(C)(C)C)sc1C(=O)NCCNc1ccncc1. The molecule has 0 radical (unpaired) electrons. The van der Waals surface area contributed by atoms with Crippen LogP contribution in [0, 0.1) is 6.92 Å². The van der Waals surface area contributed by atoms with E-state index >= 15 is 0 Å². The minimum absolute atomic E-state index is 0.0309. The topological polar surface area (TPSA) is 66.9 Å². The van der Waals surface area contributed by atoms with Crippen LogP contribution in [0.4, 0.5) is 5.69 Å². The molecule has 22 heavy (non-hydrogen) atoms. The molecule has 2 N–H and O–H groups in total. The largest absolute Gasteiger partial charge is 0.383 e. The molecule has 0 aromatic carbocycles. The van der Waals surface area contributed by atoms with Crippen molar-refractivity contribution in [1.29, 1.82) is 0 Å². The lowest BCUT2D eigenvalue weighted by atomic mass is 9.98. The minimum atomic E-state index is -0.0537. The third kappa shape index (κ3) is 4.27. The van der Waals surface area contributed by atoms with Crippen molar-refractivity contribution in [3.05, 3.63) is 40.1 Å². The number of amides is 1. The molecule has 2 heterocycles. The summed E-state index contributed by atoms with van der Waals surface area (Å²) in [6.07, 6.45) is 3.46. The lowest BCUT2D eigenvalue weighted by molar-refractivity contribution is 0.0958. The van der Waals surface area contributed by atoms with Gasteiger partial charge in [0.05, 0.1) is 10.7 Å². The van der Waals surface area contributed by atoms with Crippen molar-refractivity contribution in [1.82, 2.24) is 15.3 Å². The van der Waals surface area contributed by atoms with E-state index in [2.05, 4.69) is 41.4 Å². The van der Waals surface area contributed by atoms with E-state index in [1.54, 1.807) is 12.4 Å². The van der Waals surface area contributed by atoms with Crippen molar-refractivity contribution in [2.75, 3.05) is 18.4 Å². The Hall–Kier alpha value is -1.95. The summed E-state index contributed by atoms with van der Waals surface area (Å²) in [5, 5.41) is 7.15.